The van der Waals surface area contributed by atoms with Crippen LogP contribution in [0.4, 0.5) is 0 Å². The number of aliphatic hydroxyl groups is 1. The minimum Gasteiger partial charge on any atom is -0.392 e. The summed E-state index contributed by atoms with van der Waals surface area (Å²) in [6.45, 7) is 4.42. The van der Waals surface area contributed by atoms with E-state index in [1.54, 1.807) is 0 Å². The maximum absolute atomic E-state index is 10.7. The molecule has 3 nitrogen and oxygen atoms in total. The van der Waals surface area contributed by atoms with Gasteiger partial charge in [0, 0.05) is 24.9 Å². The highest BCUT2D eigenvalue weighted by molar-refractivity contribution is 5.21. The van der Waals surface area contributed by atoms with E-state index in [9.17, 15) is 5.11 Å². The number of hydrogen-bond acceptors (Lipinski definition) is 2. The highest BCUT2D eigenvalue weighted by atomic mass is 16.3. The number of aliphatic hydroxyl groups excluding tert-OH is 1. The van der Waals surface area contributed by atoms with Gasteiger partial charge in [0.2, 0.25) is 0 Å². The molecule has 0 aliphatic rings. The zero-order valence-electron chi connectivity index (χ0n) is 13.2. The van der Waals surface area contributed by atoms with Crippen LogP contribution in [-0.2, 0) is 13.5 Å². The van der Waals surface area contributed by atoms with Gasteiger partial charge < -0.3 is 5.11 Å². The first-order valence-corrected chi connectivity index (χ1v) is 7.83. The van der Waals surface area contributed by atoms with E-state index in [0.29, 0.717) is 5.92 Å². The molecular weight excluding hydrogens is 260 g/mol. The molecule has 0 amide bonds. The van der Waals surface area contributed by atoms with Gasteiger partial charge in [-0.2, -0.15) is 5.10 Å². The van der Waals surface area contributed by atoms with Crippen LogP contribution in [0.2, 0.25) is 0 Å². The standard InChI is InChI=1S/C18H26N2O/c1-4-14(2)18(15-8-6-5-7-9-15)17(21)11-10-16-12-13-19-20(16)3/h5-9,12-14,17-18,21H,4,10-11H2,1-3H3. The van der Waals surface area contributed by atoms with Gasteiger partial charge in [-0.05, 0) is 30.4 Å². The van der Waals surface area contributed by atoms with Gasteiger partial charge in [0.1, 0.15) is 0 Å². The fourth-order valence-electron chi connectivity index (χ4n) is 2.98. The van der Waals surface area contributed by atoms with Crippen LogP contribution in [0, 0.1) is 5.92 Å². The van der Waals surface area contributed by atoms with Crippen LogP contribution in [0.1, 0.15) is 43.9 Å². The van der Waals surface area contributed by atoms with E-state index in [4.69, 9.17) is 0 Å². The van der Waals surface area contributed by atoms with Gasteiger partial charge in [-0.15, -0.1) is 0 Å². The van der Waals surface area contributed by atoms with Gasteiger partial charge in [0.15, 0.2) is 0 Å². The van der Waals surface area contributed by atoms with Crippen LogP contribution in [-0.4, -0.2) is 21.0 Å². The molecule has 2 aromatic rings. The highest BCUT2D eigenvalue weighted by Crippen LogP contribution is 2.32. The van der Waals surface area contributed by atoms with Crippen LogP contribution in [0.3, 0.4) is 0 Å². The molecule has 1 aromatic carbocycles. The molecule has 3 unspecified atom stereocenters. The van der Waals surface area contributed by atoms with E-state index >= 15 is 0 Å². The van der Waals surface area contributed by atoms with Crippen LogP contribution < -0.4 is 0 Å². The molecule has 21 heavy (non-hydrogen) atoms. The molecule has 0 saturated carbocycles. The Hall–Kier alpha value is -1.61. The zero-order chi connectivity index (χ0) is 15.2. The molecule has 0 aliphatic carbocycles. The fourth-order valence-corrected chi connectivity index (χ4v) is 2.98. The zero-order valence-corrected chi connectivity index (χ0v) is 13.2. The number of aryl methyl sites for hydroxylation is 2. The van der Waals surface area contributed by atoms with Gasteiger partial charge in [0.25, 0.3) is 0 Å². The molecule has 3 heteroatoms. The fraction of sp³-hybridized carbons (Fsp3) is 0.500. The van der Waals surface area contributed by atoms with E-state index in [-0.39, 0.29) is 12.0 Å². The van der Waals surface area contributed by atoms with Crippen molar-refractivity contribution >= 4 is 0 Å². The summed E-state index contributed by atoms with van der Waals surface area (Å²) >= 11 is 0. The average molecular weight is 286 g/mol. The predicted octanol–water partition coefficient (Wildman–Crippen LogP) is 3.54. The first kappa shape index (κ1) is 15.8. The number of rotatable bonds is 7. The molecule has 1 aromatic heterocycles. The summed E-state index contributed by atoms with van der Waals surface area (Å²) < 4.78 is 1.88. The van der Waals surface area contributed by atoms with E-state index in [1.807, 2.05) is 30.1 Å². The Morgan fingerprint density at radius 1 is 1.19 bits per heavy atom. The lowest BCUT2D eigenvalue weighted by molar-refractivity contribution is 0.108. The summed E-state index contributed by atoms with van der Waals surface area (Å²) in [5.41, 5.74) is 2.41. The molecule has 114 valence electrons. The van der Waals surface area contributed by atoms with Crippen LogP contribution in [0.25, 0.3) is 0 Å². The van der Waals surface area contributed by atoms with Crippen LogP contribution >= 0.6 is 0 Å². The van der Waals surface area contributed by atoms with Crippen molar-refractivity contribution in [2.24, 2.45) is 13.0 Å². The second-order valence-electron chi connectivity index (χ2n) is 5.87. The smallest absolute Gasteiger partial charge is 0.0615 e. The topological polar surface area (TPSA) is 38.1 Å². The average Bonchev–Trinajstić information content (AvgIpc) is 2.91. The van der Waals surface area contributed by atoms with Crippen molar-refractivity contribution in [3.8, 4) is 0 Å². The van der Waals surface area contributed by atoms with Gasteiger partial charge in [-0.25, -0.2) is 0 Å². The molecule has 0 radical (unpaired) electrons. The van der Waals surface area contributed by atoms with Crippen LogP contribution in [0.15, 0.2) is 42.6 Å². The Labute approximate surface area is 127 Å². The third-order valence-electron chi connectivity index (χ3n) is 4.47. The Kier molecular flexibility index (Phi) is 5.57. The van der Waals surface area contributed by atoms with Crippen LogP contribution in [0.5, 0.6) is 0 Å². The quantitative estimate of drug-likeness (QED) is 0.845. The Balaban J connectivity index is 2.08. The normalized spacial score (nSPS) is 15.6. The van der Waals surface area contributed by atoms with E-state index < -0.39 is 0 Å². The Bertz CT molecular complexity index is 535. The molecule has 2 rings (SSSR count). The highest BCUT2D eigenvalue weighted by Gasteiger charge is 2.25. The van der Waals surface area contributed by atoms with Crippen molar-refractivity contribution in [2.75, 3.05) is 0 Å². The van der Waals surface area contributed by atoms with Gasteiger partial charge in [-0.3, -0.25) is 4.68 Å². The van der Waals surface area contributed by atoms with Gasteiger partial charge in [-0.1, -0.05) is 50.6 Å². The van der Waals surface area contributed by atoms with Gasteiger partial charge >= 0.3 is 0 Å². The minimum atomic E-state index is -0.322. The lowest BCUT2D eigenvalue weighted by Gasteiger charge is -2.28. The summed E-state index contributed by atoms with van der Waals surface area (Å²) in [5.74, 6) is 0.665. The number of aromatic nitrogens is 2. The van der Waals surface area contributed by atoms with Crippen molar-refractivity contribution in [1.82, 2.24) is 9.78 Å². The van der Waals surface area contributed by atoms with Crippen molar-refractivity contribution in [1.29, 1.82) is 0 Å². The largest absolute Gasteiger partial charge is 0.392 e. The minimum absolute atomic E-state index is 0.199. The maximum Gasteiger partial charge on any atom is 0.0615 e. The molecule has 0 spiro atoms. The summed E-state index contributed by atoms with van der Waals surface area (Å²) in [5, 5.41) is 14.9. The third-order valence-corrected chi connectivity index (χ3v) is 4.47. The second-order valence-corrected chi connectivity index (χ2v) is 5.87. The molecule has 0 fully saturated rings. The summed E-state index contributed by atoms with van der Waals surface area (Å²) in [7, 11) is 1.95. The molecule has 0 saturated heterocycles. The number of hydrogen-bond donors (Lipinski definition) is 1. The second kappa shape index (κ2) is 7.41. The van der Waals surface area contributed by atoms with Gasteiger partial charge in [0.05, 0.1) is 6.10 Å². The first-order valence-electron chi connectivity index (χ1n) is 7.83. The van der Waals surface area contributed by atoms with Crippen molar-refractivity contribution in [2.45, 2.75) is 45.1 Å². The van der Waals surface area contributed by atoms with E-state index in [1.165, 1.54) is 11.3 Å². The third kappa shape index (κ3) is 3.94. The molecule has 3 atom stereocenters. The summed E-state index contributed by atoms with van der Waals surface area (Å²) in [6, 6.07) is 12.4. The summed E-state index contributed by atoms with van der Waals surface area (Å²) in [4.78, 5) is 0. The van der Waals surface area contributed by atoms with Crippen molar-refractivity contribution in [3.63, 3.8) is 0 Å². The SMILES string of the molecule is CCC(C)C(c1ccccc1)C(O)CCc1ccnn1C. The van der Waals surface area contributed by atoms with E-state index in [2.05, 4.69) is 43.2 Å². The van der Waals surface area contributed by atoms with Crippen molar-refractivity contribution < 1.29 is 5.11 Å². The Morgan fingerprint density at radius 3 is 2.48 bits per heavy atom. The molecule has 0 bridgehead atoms. The maximum atomic E-state index is 10.7. The number of benzene rings is 1. The van der Waals surface area contributed by atoms with E-state index in [0.717, 1.165) is 19.3 Å². The predicted molar refractivity (Wildman–Crippen MR) is 86.2 cm³/mol. The Morgan fingerprint density at radius 2 is 1.90 bits per heavy atom. The lowest BCUT2D eigenvalue weighted by atomic mass is 9.80. The lowest BCUT2D eigenvalue weighted by Crippen LogP contribution is -2.25. The first-order chi connectivity index (χ1) is 10.1. The molecule has 1 N–H and O–H groups in total. The molecule has 1 heterocycles. The number of nitrogens with zero attached hydrogens (tertiary/aromatic N) is 2. The van der Waals surface area contributed by atoms with Crippen molar-refractivity contribution in [3.05, 3.63) is 53.9 Å². The monoisotopic (exact) mass is 286 g/mol. The molecule has 0 aliphatic heterocycles. The summed E-state index contributed by atoms with van der Waals surface area (Å²) in [6.07, 6.45) is 4.19. The molecular formula is C18H26N2O.